The van der Waals surface area contributed by atoms with Crippen molar-refractivity contribution in [3.05, 3.63) is 12.7 Å². The molecular formula is C13H22O3. The summed E-state index contributed by atoms with van der Waals surface area (Å²) in [5.41, 5.74) is -0.605. The monoisotopic (exact) mass is 226 g/mol. The number of allylic oxidation sites excluding steroid dienone is 1. The Morgan fingerprint density at radius 2 is 2.25 bits per heavy atom. The zero-order valence-electron chi connectivity index (χ0n) is 9.91. The van der Waals surface area contributed by atoms with Crippen molar-refractivity contribution in [1.29, 1.82) is 0 Å². The molecule has 1 N–H and O–H groups in total. The van der Waals surface area contributed by atoms with Gasteiger partial charge in [-0.15, -0.1) is 6.58 Å². The molecule has 0 aromatic rings. The van der Waals surface area contributed by atoms with E-state index in [4.69, 9.17) is 4.74 Å². The molecule has 0 radical (unpaired) electrons. The normalized spacial score (nSPS) is 25.2. The van der Waals surface area contributed by atoms with E-state index in [1.165, 1.54) is 0 Å². The van der Waals surface area contributed by atoms with Crippen molar-refractivity contribution in [3.8, 4) is 0 Å². The number of hydrogen-bond acceptors (Lipinski definition) is 2. The van der Waals surface area contributed by atoms with E-state index in [1.807, 2.05) is 6.08 Å². The molecule has 3 heteroatoms. The van der Waals surface area contributed by atoms with Crippen LogP contribution >= 0.6 is 0 Å². The summed E-state index contributed by atoms with van der Waals surface area (Å²) in [6.45, 7) is 4.78. The fourth-order valence-electron chi connectivity index (χ4n) is 2.25. The predicted molar refractivity (Wildman–Crippen MR) is 63.4 cm³/mol. The minimum Gasteiger partial charge on any atom is -0.481 e. The molecule has 3 nitrogen and oxygen atoms in total. The van der Waals surface area contributed by atoms with Crippen LogP contribution in [0.4, 0.5) is 0 Å². The van der Waals surface area contributed by atoms with E-state index in [0.717, 1.165) is 44.9 Å². The summed E-state index contributed by atoms with van der Waals surface area (Å²) < 4.78 is 5.33. The highest BCUT2D eigenvalue weighted by Crippen LogP contribution is 2.34. The number of unbranched alkanes of at least 4 members (excludes halogenated alkanes) is 3. The van der Waals surface area contributed by atoms with Crippen molar-refractivity contribution in [2.24, 2.45) is 5.41 Å². The summed E-state index contributed by atoms with van der Waals surface area (Å²) in [4.78, 5) is 11.3. The van der Waals surface area contributed by atoms with Crippen molar-refractivity contribution in [3.63, 3.8) is 0 Å². The molecule has 1 aliphatic heterocycles. The Labute approximate surface area is 97.5 Å². The van der Waals surface area contributed by atoms with Gasteiger partial charge in [0.15, 0.2) is 0 Å². The second-order valence-corrected chi connectivity index (χ2v) is 4.63. The summed E-state index contributed by atoms with van der Waals surface area (Å²) in [6.07, 6.45) is 8.50. The highest BCUT2D eigenvalue weighted by Gasteiger charge is 2.39. The third-order valence-corrected chi connectivity index (χ3v) is 3.34. The Balaban J connectivity index is 2.33. The largest absolute Gasteiger partial charge is 0.481 e. The van der Waals surface area contributed by atoms with Crippen molar-refractivity contribution >= 4 is 5.97 Å². The quantitative estimate of drug-likeness (QED) is 0.536. The molecule has 0 aromatic heterocycles. The van der Waals surface area contributed by atoms with Crippen LogP contribution in [-0.4, -0.2) is 24.3 Å². The summed E-state index contributed by atoms with van der Waals surface area (Å²) >= 11 is 0. The number of aliphatic carboxylic acids is 1. The summed E-state index contributed by atoms with van der Waals surface area (Å²) in [5.74, 6) is -0.684. The molecule has 0 saturated carbocycles. The Kier molecular flexibility index (Phi) is 5.53. The zero-order valence-corrected chi connectivity index (χ0v) is 9.91. The molecule has 0 aliphatic carbocycles. The second kappa shape index (κ2) is 6.69. The second-order valence-electron chi connectivity index (χ2n) is 4.63. The molecule has 0 spiro atoms. The number of carbonyl (C=O) groups is 1. The predicted octanol–water partition coefficient (Wildman–Crippen LogP) is 3.00. The molecule has 1 unspecified atom stereocenters. The van der Waals surface area contributed by atoms with Gasteiger partial charge in [0, 0.05) is 6.61 Å². The number of rotatable bonds is 7. The van der Waals surface area contributed by atoms with Gasteiger partial charge in [0.2, 0.25) is 0 Å². The Morgan fingerprint density at radius 1 is 1.44 bits per heavy atom. The first-order chi connectivity index (χ1) is 7.71. The van der Waals surface area contributed by atoms with Gasteiger partial charge in [0.25, 0.3) is 0 Å². The first-order valence-electron chi connectivity index (χ1n) is 6.13. The van der Waals surface area contributed by atoms with Gasteiger partial charge < -0.3 is 9.84 Å². The molecule has 0 aromatic carbocycles. The van der Waals surface area contributed by atoms with Crippen LogP contribution in [-0.2, 0) is 9.53 Å². The van der Waals surface area contributed by atoms with Gasteiger partial charge in [0.05, 0.1) is 12.0 Å². The van der Waals surface area contributed by atoms with Gasteiger partial charge in [-0.05, 0) is 32.1 Å². The van der Waals surface area contributed by atoms with Crippen molar-refractivity contribution in [1.82, 2.24) is 0 Å². The molecule has 1 atom stereocenters. The molecule has 16 heavy (non-hydrogen) atoms. The van der Waals surface area contributed by atoms with Gasteiger partial charge in [-0.3, -0.25) is 4.79 Å². The van der Waals surface area contributed by atoms with Crippen molar-refractivity contribution < 1.29 is 14.6 Å². The lowest BCUT2D eigenvalue weighted by Crippen LogP contribution is -2.39. The number of carboxylic acids is 1. The Morgan fingerprint density at radius 3 is 2.81 bits per heavy atom. The molecule has 1 aliphatic rings. The highest BCUT2D eigenvalue weighted by atomic mass is 16.5. The first-order valence-corrected chi connectivity index (χ1v) is 6.13. The fraction of sp³-hybridized carbons (Fsp3) is 0.769. The molecular weight excluding hydrogens is 204 g/mol. The van der Waals surface area contributed by atoms with Crippen molar-refractivity contribution in [2.75, 3.05) is 13.2 Å². The van der Waals surface area contributed by atoms with Crippen LogP contribution in [0.3, 0.4) is 0 Å². The SMILES string of the molecule is C=CCCCCCC1(C(=O)O)CCCOC1. The standard InChI is InChI=1S/C13H22O3/c1-2-3-4-5-6-8-13(12(14)15)9-7-10-16-11-13/h2H,1,3-11H2,(H,14,15). The average Bonchev–Trinajstić information content (AvgIpc) is 2.30. The van der Waals surface area contributed by atoms with Crippen molar-refractivity contribution in [2.45, 2.75) is 44.9 Å². The maximum atomic E-state index is 11.3. The van der Waals surface area contributed by atoms with E-state index in [1.54, 1.807) is 0 Å². The first kappa shape index (κ1) is 13.2. The topological polar surface area (TPSA) is 46.5 Å². The smallest absolute Gasteiger partial charge is 0.311 e. The maximum Gasteiger partial charge on any atom is 0.311 e. The van der Waals surface area contributed by atoms with Crippen LogP contribution in [0.2, 0.25) is 0 Å². The minimum absolute atomic E-state index is 0.393. The van der Waals surface area contributed by atoms with Crippen LogP contribution in [0.15, 0.2) is 12.7 Å². The van der Waals surface area contributed by atoms with Crippen LogP contribution in [0.5, 0.6) is 0 Å². The number of hydrogen-bond donors (Lipinski definition) is 1. The molecule has 0 bridgehead atoms. The molecule has 0 amide bonds. The van der Waals surface area contributed by atoms with Crippen LogP contribution in [0, 0.1) is 5.41 Å². The summed E-state index contributed by atoms with van der Waals surface area (Å²) in [6, 6.07) is 0. The van der Waals surface area contributed by atoms with Gasteiger partial charge >= 0.3 is 5.97 Å². The van der Waals surface area contributed by atoms with Gasteiger partial charge in [-0.25, -0.2) is 0 Å². The van der Waals surface area contributed by atoms with Gasteiger partial charge in [-0.2, -0.15) is 0 Å². The Bertz CT molecular complexity index is 229. The third-order valence-electron chi connectivity index (χ3n) is 3.34. The van der Waals surface area contributed by atoms with E-state index >= 15 is 0 Å². The average molecular weight is 226 g/mol. The third kappa shape index (κ3) is 3.63. The van der Waals surface area contributed by atoms with Crippen LogP contribution in [0.1, 0.15) is 44.9 Å². The lowest BCUT2D eigenvalue weighted by molar-refractivity contribution is -0.158. The van der Waals surface area contributed by atoms with Gasteiger partial charge in [0.1, 0.15) is 0 Å². The Hall–Kier alpha value is -0.830. The van der Waals surface area contributed by atoms with E-state index in [0.29, 0.717) is 13.2 Å². The summed E-state index contributed by atoms with van der Waals surface area (Å²) in [7, 11) is 0. The number of carboxylic acid groups (broad SMARTS) is 1. The lowest BCUT2D eigenvalue weighted by atomic mass is 9.78. The fourth-order valence-corrected chi connectivity index (χ4v) is 2.25. The highest BCUT2D eigenvalue weighted by molar-refractivity contribution is 5.74. The zero-order chi connectivity index (χ0) is 11.9. The van der Waals surface area contributed by atoms with E-state index in [9.17, 15) is 9.90 Å². The molecule has 92 valence electrons. The maximum absolute atomic E-state index is 11.3. The van der Waals surface area contributed by atoms with Crippen LogP contribution in [0.25, 0.3) is 0 Å². The number of ether oxygens (including phenoxy) is 1. The molecule has 1 heterocycles. The van der Waals surface area contributed by atoms with Gasteiger partial charge in [-0.1, -0.05) is 18.9 Å². The molecule has 1 saturated heterocycles. The summed E-state index contributed by atoms with van der Waals surface area (Å²) in [5, 5.41) is 9.30. The lowest BCUT2D eigenvalue weighted by Gasteiger charge is -2.33. The van der Waals surface area contributed by atoms with E-state index in [2.05, 4.69) is 6.58 Å². The minimum atomic E-state index is -0.684. The van der Waals surface area contributed by atoms with E-state index < -0.39 is 11.4 Å². The van der Waals surface area contributed by atoms with E-state index in [-0.39, 0.29) is 0 Å². The van der Waals surface area contributed by atoms with Crippen LogP contribution < -0.4 is 0 Å². The molecule has 1 rings (SSSR count). The molecule has 1 fully saturated rings.